The lowest BCUT2D eigenvalue weighted by molar-refractivity contribution is -0.123. The Labute approximate surface area is 87.9 Å². The first-order valence-corrected chi connectivity index (χ1v) is 5.16. The highest BCUT2D eigenvalue weighted by Crippen LogP contribution is 2.08. The van der Waals surface area contributed by atoms with Gasteiger partial charge in [0.25, 0.3) is 0 Å². The molecule has 2 atom stereocenters. The van der Waals surface area contributed by atoms with E-state index in [0.717, 1.165) is 19.4 Å². The highest BCUT2D eigenvalue weighted by atomic mass is 16.2. The summed E-state index contributed by atoms with van der Waals surface area (Å²) in [7, 11) is 0. The summed E-state index contributed by atoms with van der Waals surface area (Å²) in [5, 5.41) is 12.5. The van der Waals surface area contributed by atoms with Crippen LogP contribution in [0.5, 0.6) is 0 Å². The van der Waals surface area contributed by atoms with Crippen molar-refractivity contribution in [2.45, 2.75) is 31.8 Å². The molecule has 82 valence electrons. The Bertz CT molecular complexity index is 317. The van der Waals surface area contributed by atoms with E-state index >= 15 is 0 Å². The Morgan fingerprint density at radius 2 is 2.60 bits per heavy atom. The highest BCUT2D eigenvalue weighted by molar-refractivity contribution is 5.82. The molecule has 1 aliphatic heterocycles. The van der Waals surface area contributed by atoms with Crippen LogP contribution in [-0.4, -0.2) is 33.7 Å². The van der Waals surface area contributed by atoms with Crippen molar-refractivity contribution in [3.63, 3.8) is 0 Å². The van der Waals surface area contributed by atoms with E-state index in [1.165, 1.54) is 6.33 Å². The van der Waals surface area contributed by atoms with E-state index in [0.29, 0.717) is 5.82 Å². The second-order valence-electron chi connectivity index (χ2n) is 3.75. The van der Waals surface area contributed by atoms with E-state index in [1.54, 1.807) is 0 Å². The third-order valence-electron chi connectivity index (χ3n) is 2.58. The quantitative estimate of drug-likeness (QED) is 0.640. The molecule has 1 saturated heterocycles. The molecule has 0 aromatic carbocycles. The van der Waals surface area contributed by atoms with Crippen LogP contribution in [0.2, 0.25) is 0 Å². The molecular weight excluding hydrogens is 194 g/mol. The van der Waals surface area contributed by atoms with Crippen molar-refractivity contribution in [2.75, 3.05) is 6.54 Å². The van der Waals surface area contributed by atoms with E-state index in [4.69, 9.17) is 0 Å². The molecule has 2 heterocycles. The van der Waals surface area contributed by atoms with E-state index in [-0.39, 0.29) is 18.0 Å². The fourth-order valence-corrected chi connectivity index (χ4v) is 1.71. The molecule has 1 aromatic heterocycles. The largest absolute Gasteiger partial charge is 0.345 e. The first kappa shape index (κ1) is 10.1. The van der Waals surface area contributed by atoms with Crippen molar-refractivity contribution in [2.24, 2.45) is 0 Å². The number of H-pyrrole nitrogens is 1. The number of aromatic nitrogens is 3. The second-order valence-corrected chi connectivity index (χ2v) is 3.75. The summed E-state index contributed by atoms with van der Waals surface area (Å²) in [5.41, 5.74) is 0. The molecule has 1 unspecified atom stereocenters. The SMILES string of the molecule is CC(NC(=O)[C@@H]1CCCN1)c1ncn[nH]1. The van der Waals surface area contributed by atoms with Crippen molar-refractivity contribution in [1.29, 1.82) is 0 Å². The first-order valence-electron chi connectivity index (χ1n) is 5.16. The van der Waals surface area contributed by atoms with Crippen LogP contribution in [0.15, 0.2) is 6.33 Å². The zero-order chi connectivity index (χ0) is 10.7. The Morgan fingerprint density at radius 1 is 1.73 bits per heavy atom. The van der Waals surface area contributed by atoms with E-state index in [1.807, 2.05) is 6.92 Å². The molecule has 0 aliphatic carbocycles. The third kappa shape index (κ3) is 2.33. The smallest absolute Gasteiger partial charge is 0.237 e. The molecule has 1 amide bonds. The molecule has 0 saturated carbocycles. The molecule has 15 heavy (non-hydrogen) atoms. The maximum atomic E-state index is 11.7. The number of amides is 1. The van der Waals surface area contributed by atoms with Crippen LogP contribution in [0.1, 0.15) is 31.6 Å². The highest BCUT2D eigenvalue weighted by Gasteiger charge is 2.23. The van der Waals surface area contributed by atoms with Gasteiger partial charge >= 0.3 is 0 Å². The van der Waals surface area contributed by atoms with Gasteiger partial charge in [-0.15, -0.1) is 0 Å². The van der Waals surface area contributed by atoms with Gasteiger partial charge in [-0.25, -0.2) is 4.98 Å². The number of carbonyl (C=O) groups excluding carboxylic acids is 1. The summed E-state index contributed by atoms with van der Waals surface area (Å²) in [5.74, 6) is 0.720. The van der Waals surface area contributed by atoms with Crippen LogP contribution in [-0.2, 0) is 4.79 Å². The molecule has 0 radical (unpaired) electrons. The minimum atomic E-state index is -0.123. The Balaban J connectivity index is 1.88. The van der Waals surface area contributed by atoms with Crippen molar-refractivity contribution >= 4 is 5.91 Å². The van der Waals surface area contributed by atoms with Gasteiger partial charge in [0.15, 0.2) is 0 Å². The molecule has 1 aromatic rings. The Kier molecular flexibility index (Phi) is 2.96. The number of nitrogens with one attached hydrogen (secondary N) is 3. The molecule has 6 heteroatoms. The summed E-state index contributed by atoms with van der Waals surface area (Å²) in [4.78, 5) is 15.7. The topological polar surface area (TPSA) is 82.7 Å². The monoisotopic (exact) mass is 209 g/mol. The number of nitrogens with zero attached hydrogens (tertiary/aromatic N) is 2. The molecule has 0 spiro atoms. The van der Waals surface area contributed by atoms with Gasteiger partial charge in [0, 0.05) is 0 Å². The number of aromatic amines is 1. The van der Waals surface area contributed by atoms with Gasteiger partial charge in [-0.1, -0.05) is 0 Å². The standard InChI is InChI=1S/C9H15N5O/c1-6(8-11-5-12-14-8)13-9(15)7-3-2-4-10-7/h5-7,10H,2-4H2,1H3,(H,13,15)(H,11,12,14)/t6?,7-/m0/s1. The molecule has 2 rings (SSSR count). The zero-order valence-corrected chi connectivity index (χ0v) is 8.66. The normalized spacial score (nSPS) is 22.6. The van der Waals surface area contributed by atoms with Crippen LogP contribution in [0.25, 0.3) is 0 Å². The minimum Gasteiger partial charge on any atom is -0.345 e. The molecule has 6 nitrogen and oxygen atoms in total. The van der Waals surface area contributed by atoms with E-state index < -0.39 is 0 Å². The summed E-state index contributed by atoms with van der Waals surface area (Å²) in [6.07, 6.45) is 3.41. The van der Waals surface area contributed by atoms with Crippen molar-refractivity contribution in [3.8, 4) is 0 Å². The average molecular weight is 209 g/mol. The van der Waals surface area contributed by atoms with Gasteiger partial charge in [-0.3, -0.25) is 9.89 Å². The lowest BCUT2D eigenvalue weighted by Crippen LogP contribution is -2.41. The molecule has 0 bridgehead atoms. The van der Waals surface area contributed by atoms with Gasteiger partial charge in [-0.2, -0.15) is 5.10 Å². The van der Waals surface area contributed by atoms with Crippen LogP contribution in [0, 0.1) is 0 Å². The molecule has 3 N–H and O–H groups in total. The summed E-state index contributed by atoms with van der Waals surface area (Å²) < 4.78 is 0. The van der Waals surface area contributed by atoms with E-state index in [2.05, 4.69) is 25.8 Å². The Hall–Kier alpha value is -1.43. The molecule has 1 fully saturated rings. The predicted molar refractivity (Wildman–Crippen MR) is 54.0 cm³/mol. The number of hydrogen-bond acceptors (Lipinski definition) is 4. The van der Waals surface area contributed by atoms with Gasteiger partial charge in [-0.05, 0) is 26.3 Å². The molecule has 1 aliphatic rings. The van der Waals surface area contributed by atoms with Crippen molar-refractivity contribution in [3.05, 3.63) is 12.2 Å². The lowest BCUT2D eigenvalue weighted by Gasteiger charge is -2.15. The third-order valence-corrected chi connectivity index (χ3v) is 2.58. The summed E-state index contributed by atoms with van der Waals surface area (Å²) >= 11 is 0. The number of rotatable bonds is 3. The van der Waals surface area contributed by atoms with Crippen LogP contribution in [0.4, 0.5) is 0 Å². The van der Waals surface area contributed by atoms with Gasteiger partial charge in [0.2, 0.25) is 5.91 Å². The summed E-state index contributed by atoms with van der Waals surface area (Å²) in [6, 6.07) is -0.169. The van der Waals surface area contributed by atoms with E-state index in [9.17, 15) is 4.79 Å². The maximum absolute atomic E-state index is 11.7. The fraction of sp³-hybridized carbons (Fsp3) is 0.667. The van der Waals surface area contributed by atoms with Crippen LogP contribution in [0.3, 0.4) is 0 Å². The average Bonchev–Trinajstić information content (AvgIpc) is 2.91. The number of hydrogen-bond donors (Lipinski definition) is 3. The molecular formula is C9H15N5O. The van der Waals surface area contributed by atoms with Crippen LogP contribution < -0.4 is 10.6 Å². The minimum absolute atomic E-state index is 0.0383. The Morgan fingerprint density at radius 3 is 3.20 bits per heavy atom. The first-order chi connectivity index (χ1) is 7.27. The lowest BCUT2D eigenvalue weighted by atomic mass is 10.2. The van der Waals surface area contributed by atoms with Crippen LogP contribution >= 0.6 is 0 Å². The van der Waals surface area contributed by atoms with Gasteiger partial charge in [0.05, 0.1) is 12.1 Å². The van der Waals surface area contributed by atoms with Crippen molar-refractivity contribution in [1.82, 2.24) is 25.8 Å². The predicted octanol–water partition coefficient (Wildman–Crippen LogP) is -0.266. The fourth-order valence-electron chi connectivity index (χ4n) is 1.71. The van der Waals surface area contributed by atoms with Gasteiger partial charge in [0.1, 0.15) is 12.2 Å². The summed E-state index contributed by atoms with van der Waals surface area (Å²) in [6.45, 7) is 2.81. The van der Waals surface area contributed by atoms with Gasteiger partial charge < -0.3 is 10.6 Å². The zero-order valence-electron chi connectivity index (χ0n) is 8.66. The van der Waals surface area contributed by atoms with Crippen molar-refractivity contribution < 1.29 is 4.79 Å². The number of carbonyl (C=O) groups is 1. The maximum Gasteiger partial charge on any atom is 0.237 e. The second kappa shape index (κ2) is 4.39.